The molecule has 176 valence electrons. The molecule has 1 atom stereocenters. The first kappa shape index (κ1) is 23.0. The van der Waals surface area contributed by atoms with Crippen molar-refractivity contribution in [2.24, 2.45) is 13.0 Å². The van der Waals surface area contributed by atoms with E-state index < -0.39 is 24.0 Å². The van der Waals surface area contributed by atoms with Gasteiger partial charge in [-0.1, -0.05) is 62.4 Å². The van der Waals surface area contributed by atoms with Gasteiger partial charge in [-0.25, -0.2) is 9.59 Å². The minimum atomic E-state index is -1.15. The van der Waals surface area contributed by atoms with Crippen molar-refractivity contribution in [3.8, 4) is 11.1 Å². The van der Waals surface area contributed by atoms with E-state index in [1.54, 1.807) is 20.9 Å². The van der Waals surface area contributed by atoms with Crippen molar-refractivity contribution in [1.29, 1.82) is 0 Å². The number of rotatable bonds is 7. The largest absolute Gasteiger partial charge is 0.480 e. The number of carboxylic acid groups (broad SMARTS) is 1. The van der Waals surface area contributed by atoms with Crippen LogP contribution in [0.4, 0.5) is 10.5 Å². The van der Waals surface area contributed by atoms with E-state index in [2.05, 4.69) is 27.9 Å². The summed E-state index contributed by atoms with van der Waals surface area (Å²) < 4.78 is 6.89. The highest BCUT2D eigenvalue weighted by molar-refractivity contribution is 6.02. The molecule has 1 aromatic heterocycles. The highest BCUT2D eigenvalue weighted by atomic mass is 16.5. The normalized spacial score (nSPS) is 13.2. The summed E-state index contributed by atoms with van der Waals surface area (Å²) in [5.74, 6) is -2.28. The van der Waals surface area contributed by atoms with Gasteiger partial charge in [-0.15, -0.1) is 0 Å². The number of carbonyl (C=O) groups excluding carboxylic acids is 2. The molecule has 0 fully saturated rings. The molecule has 1 heterocycles. The second kappa shape index (κ2) is 9.38. The van der Waals surface area contributed by atoms with Gasteiger partial charge in [0.25, 0.3) is 5.91 Å². The number of carbonyl (C=O) groups is 3. The monoisotopic (exact) mass is 462 g/mol. The van der Waals surface area contributed by atoms with E-state index in [0.29, 0.717) is 0 Å². The SMILES string of the molecule is CC(C)[C@@H](NC(=O)c1nn(C)cc1NC(=O)OCC1c2ccccc2-c2ccccc21)C(=O)O. The zero-order chi connectivity index (χ0) is 24.4. The number of carboxylic acids is 1. The Labute approximate surface area is 196 Å². The lowest BCUT2D eigenvalue weighted by Crippen LogP contribution is -2.44. The van der Waals surface area contributed by atoms with Crippen molar-refractivity contribution in [3.05, 3.63) is 71.5 Å². The third-order valence-electron chi connectivity index (χ3n) is 5.84. The number of amides is 2. The number of nitrogens with one attached hydrogen (secondary N) is 2. The van der Waals surface area contributed by atoms with Crippen LogP contribution in [0, 0.1) is 5.92 Å². The molecule has 9 nitrogen and oxygen atoms in total. The second-order valence-electron chi connectivity index (χ2n) is 8.55. The lowest BCUT2D eigenvalue weighted by molar-refractivity contribution is -0.140. The predicted molar refractivity (Wildman–Crippen MR) is 126 cm³/mol. The molecule has 3 N–H and O–H groups in total. The lowest BCUT2D eigenvalue weighted by Gasteiger charge is -2.17. The first-order valence-electron chi connectivity index (χ1n) is 11.0. The molecule has 2 amide bonds. The highest BCUT2D eigenvalue weighted by Gasteiger charge is 2.30. The number of hydrogen-bond donors (Lipinski definition) is 3. The fraction of sp³-hybridized carbons (Fsp3) is 0.280. The number of hydrogen-bond acceptors (Lipinski definition) is 5. The van der Waals surface area contributed by atoms with Gasteiger partial charge in [-0.2, -0.15) is 5.10 Å². The zero-order valence-electron chi connectivity index (χ0n) is 19.1. The molecular weight excluding hydrogens is 436 g/mol. The molecule has 2 aromatic carbocycles. The van der Waals surface area contributed by atoms with Gasteiger partial charge >= 0.3 is 12.1 Å². The van der Waals surface area contributed by atoms with Crippen LogP contribution in [0.25, 0.3) is 11.1 Å². The van der Waals surface area contributed by atoms with Gasteiger partial charge in [0.1, 0.15) is 12.6 Å². The first-order chi connectivity index (χ1) is 16.3. The van der Waals surface area contributed by atoms with Gasteiger partial charge < -0.3 is 15.2 Å². The van der Waals surface area contributed by atoms with Gasteiger partial charge in [0.05, 0.1) is 5.69 Å². The van der Waals surface area contributed by atoms with E-state index in [1.165, 1.54) is 10.9 Å². The van der Waals surface area contributed by atoms with Gasteiger partial charge in [0.15, 0.2) is 5.69 Å². The Balaban J connectivity index is 1.46. The molecule has 34 heavy (non-hydrogen) atoms. The lowest BCUT2D eigenvalue weighted by atomic mass is 9.98. The smallest absolute Gasteiger partial charge is 0.411 e. The van der Waals surface area contributed by atoms with Crippen LogP contribution in [0.5, 0.6) is 0 Å². The van der Waals surface area contributed by atoms with Crippen molar-refractivity contribution >= 4 is 23.7 Å². The van der Waals surface area contributed by atoms with Crippen molar-refractivity contribution < 1.29 is 24.2 Å². The van der Waals surface area contributed by atoms with Crippen LogP contribution in [0.1, 0.15) is 41.4 Å². The van der Waals surface area contributed by atoms with Gasteiger partial charge in [-0.05, 0) is 28.2 Å². The van der Waals surface area contributed by atoms with Crippen LogP contribution >= 0.6 is 0 Å². The number of aliphatic carboxylic acids is 1. The Morgan fingerprint density at radius 1 is 1.06 bits per heavy atom. The number of anilines is 1. The summed E-state index contributed by atoms with van der Waals surface area (Å²) in [5.41, 5.74) is 4.46. The number of fused-ring (bicyclic) bond motifs is 3. The summed E-state index contributed by atoms with van der Waals surface area (Å²) in [6, 6.07) is 14.9. The van der Waals surface area contributed by atoms with Crippen molar-refractivity contribution in [3.63, 3.8) is 0 Å². The van der Waals surface area contributed by atoms with E-state index in [1.807, 2.05) is 36.4 Å². The van der Waals surface area contributed by atoms with E-state index >= 15 is 0 Å². The van der Waals surface area contributed by atoms with Crippen LogP contribution in [0.15, 0.2) is 54.7 Å². The van der Waals surface area contributed by atoms with Crippen LogP contribution in [-0.2, 0) is 16.6 Å². The zero-order valence-corrected chi connectivity index (χ0v) is 19.1. The molecule has 0 aliphatic heterocycles. The van der Waals surface area contributed by atoms with Crippen molar-refractivity contribution in [2.45, 2.75) is 25.8 Å². The summed E-state index contributed by atoms with van der Waals surface area (Å²) in [7, 11) is 1.59. The molecule has 9 heteroatoms. The molecule has 0 saturated heterocycles. The standard InChI is InChI=1S/C25H26N4O5/c1-14(2)21(24(31)32)27-23(30)22-20(12-29(3)28-22)26-25(33)34-13-19-17-10-6-4-8-15(17)16-9-5-7-11-18(16)19/h4-12,14,19,21H,13H2,1-3H3,(H,26,33)(H,27,30)(H,31,32)/t21-/m1/s1. The van der Waals surface area contributed by atoms with Gasteiger partial charge in [0, 0.05) is 19.2 Å². The Hall–Kier alpha value is -4.14. The minimum Gasteiger partial charge on any atom is -0.480 e. The first-order valence-corrected chi connectivity index (χ1v) is 11.0. The quantitative estimate of drug-likeness (QED) is 0.493. The Kier molecular flexibility index (Phi) is 6.36. The van der Waals surface area contributed by atoms with Gasteiger partial charge in [-0.3, -0.25) is 14.8 Å². The molecule has 0 spiro atoms. The second-order valence-corrected chi connectivity index (χ2v) is 8.55. The molecule has 1 aliphatic rings. The highest BCUT2D eigenvalue weighted by Crippen LogP contribution is 2.44. The average molecular weight is 463 g/mol. The predicted octanol–water partition coefficient (Wildman–Crippen LogP) is 3.62. The van der Waals surface area contributed by atoms with Crippen LogP contribution in [0.3, 0.4) is 0 Å². The number of ether oxygens (including phenoxy) is 1. The average Bonchev–Trinajstić information content (AvgIpc) is 3.33. The molecule has 3 aromatic rings. The maximum absolute atomic E-state index is 12.7. The van der Waals surface area contributed by atoms with Gasteiger partial charge in [0.2, 0.25) is 0 Å². The van der Waals surface area contributed by atoms with E-state index in [-0.39, 0.29) is 29.8 Å². The van der Waals surface area contributed by atoms with Crippen LogP contribution < -0.4 is 10.6 Å². The minimum absolute atomic E-state index is 0.0945. The summed E-state index contributed by atoms with van der Waals surface area (Å²) in [6.07, 6.45) is 0.726. The number of nitrogens with zero attached hydrogens (tertiary/aromatic N) is 2. The maximum atomic E-state index is 12.7. The number of aromatic nitrogens is 2. The van der Waals surface area contributed by atoms with E-state index in [4.69, 9.17) is 4.74 Å². The maximum Gasteiger partial charge on any atom is 0.411 e. The molecule has 0 radical (unpaired) electrons. The van der Waals surface area contributed by atoms with E-state index in [9.17, 15) is 19.5 Å². The number of benzene rings is 2. The molecular formula is C25H26N4O5. The Morgan fingerprint density at radius 3 is 2.21 bits per heavy atom. The molecule has 4 rings (SSSR count). The summed E-state index contributed by atoms with van der Waals surface area (Å²) in [5, 5.41) is 18.4. The third-order valence-corrected chi connectivity index (χ3v) is 5.84. The molecule has 1 aliphatic carbocycles. The summed E-state index contributed by atoms with van der Waals surface area (Å²) >= 11 is 0. The Bertz CT molecular complexity index is 1200. The fourth-order valence-corrected chi connectivity index (χ4v) is 4.22. The molecule has 0 bridgehead atoms. The fourth-order valence-electron chi connectivity index (χ4n) is 4.22. The summed E-state index contributed by atoms with van der Waals surface area (Å²) in [6.45, 7) is 3.50. The molecule has 0 saturated carbocycles. The topological polar surface area (TPSA) is 123 Å². The number of aryl methyl sites for hydroxylation is 1. The Morgan fingerprint density at radius 2 is 1.65 bits per heavy atom. The summed E-state index contributed by atoms with van der Waals surface area (Å²) in [4.78, 5) is 36.7. The van der Waals surface area contributed by atoms with Crippen molar-refractivity contribution in [2.75, 3.05) is 11.9 Å². The third kappa shape index (κ3) is 4.50. The van der Waals surface area contributed by atoms with Crippen molar-refractivity contribution in [1.82, 2.24) is 15.1 Å². The van der Waals surface area contributed by atoms with Crippen LogP contribution in [0.2, 0.25) is 0 Å². The molecule has 0 unspecified atom stereocenters. The van der Waals surface area contributed by atoms with Crippen LogP contribution in [-0.4, -0.2) is 45.5 Å². The van der Waals surface area contributed by atoms with E-state index in [0.717, 1.165) is 22.3 Å².